The molecule has 3 nitrogen and oxygen atoms in total. The number of ether oxygens (including phenoxy) is 1. The quantitative estimate of drug-likeness (QED) is 0.709. The second-order valence-electron chi connectivity index (χ2n) is 5.94. The minimum atomic E-state index is -0.313. The maximum absolute atomic E-state index is 12.0. The van der Waals surface area contributed by atoms with Gasteiger partial charge in [-0.05, 0) is 60.0 Å². The number of hydrogen-bond donors (Lipinski definition) is 0. The van der Waals surface area contributed by atoms with Crippen LogP contribution in [0.1, 0.15) is 53.9 Å². The summed E-state index contributed by atoms with van der Waals surface area (Å²) in [5.41, 5.74) is -0.313. The Balaban J connectivity index is 2.41. The van der Waals surface area contributed by atoms with Crippen LogP contribution >= 0.6 is 0 Å². The number of piperidine rings is 1. The van der Waals surface area contributed by atoms with Gasteiger partial charge in [-0.25, -0.2) is 0 Å². The van der Waals surface area contributed by atoms with E-state index in [1.165, 1.54) is 0 Å². The molecule has 0 saturated carbocycles. The van der Waals surface area contributed by atoms with E-state index in [0.29, 0.717) is 6.04 Å². The maximum atomic E-state index is 12.0. The number of likely N-dealkylation sites (tertiary alicyclic amines) is 1. The molecule has 1 aliphatic heterocycles. The number of hydrogen-bond acceptors (Lipinski definition) is 3. The third-order valence-electron chi connectivity index (χ3n) is 3.82. The van der Waals surface area contributed by atoms with E-state index in [4.69, 9.17) is 4.74 Å². The largest absolute Gasteiger partial charge is 0.459 e. The van der Waals surface area contributed by atoms with Crippen molar-refractivity contribution in [1.29, 1.82) is 0 Å². The minimum Gasteiger partial charge on any atom is -0.459 e. The third kappa shape index (κ3) is 4.30. The van der Waals surface area contributed by atoms with Crippen molar-refractivity contribution in [3.05, 3.63) is 0 Å². The molecule has 1 heterocycles. The molecule has 0 unspecified atom stereocenters. The molecule has 17 heavy (non-hydrogen) atoms. The van der Waals surface area contributed by atoms with Crippen LogP contribution < -0.4 is 0 Å². The molecular formula is C14H27NO2. The first kappa shape index (κ1) is 14.5. The molecule has 0 aromatic heterocycles. The summed E-state index contributed by atoms with van der Waals surface area (Å²) in [7, 11) is 0. The van der Waals surface area contributed by atoms with Gasteiger partial charge in [-0.15, -0.1) is 0 Å². The molecule has 0 bridgehead atoms. The molecule has 0 spiro atoms. The van der Waals surface area contributed by atoms with Gasteiger partial charge < -0.3 is 9.64 Å². The molecule has 0 atom stereocenters. The lowest BCUT2D eigenvalue weighted by molar-refractivity contribution is -0.163. The van der Waals surface area contributed by atoms with Gasteiger partial charge in [0.25, 0.3) is 0 Å². The molecule has 0 aromatic carbocycles. The van der Waals surface area contributed by atoms with Gasteiger partial charge in [0.05, 0.1) is 5.92 Å². The van der Waals surface area contributed by atoms with Crippen LogP contribution in [0.15, 0.2) is 0 Å². The zero-order chi connectivity index (χ0) is 13.1. The Hall–Kier alpha value is -0.570. The first-order valence-electron chi connectivity index (χ1n) is 6.82. The van der Waals surface area contributed by atoms with E-state index in [2.05, 4.69) is 25.7 Å². The Morgan fingerprint density at radius 3 is 2.29 bits per heavy atom. The second-order valence-corrected chi connectivity index (χ2v) is 5.94. The number of nitrogens with zero attached hydrogens (tertiary/aromatic N) is 1. The second kappa shape index (κ2) is 5.85. The number of carbonyl (C=O) groups excluding carboxylic acids is 1. The van der Waals surface area contributed by atoms with Crippen LogP contribution in [0, 0.1) is 5.92 Å². The highest BCUT2D eigenvalue weighted by molar-refractivity contribution is 5.73. The van der Waals surface area contributed by atoms with Gasteiger partial charge in [0, 0.05) is 6.04 Å². The zero-order valence-corrected chi connectivity index (χ0v) is 12.0. The van der Waals surface area contributed by atoms with E-state index in [0.717, 1.165) is 32.4 Å². The van der Waals surface area contributed by atoms with Gasteiger partial charge >= 0.3 is 5.97 Å². The number of rotatable bonds is 4. The predicted molar refractivity (Wildman–Crippen MR) is 69.9 cm³/mol. The first-order chi connectivity index (χ1) is 7.85. The maximum Gasteiger partial charge on any atom is 0.309 e. The van der Waals surface area contributed by atoms with Gasteiger partial charge in [-0.3, -0.25) is 4.79 Å². The number of esters is 1. The fourth-order valence-corrected chi connectivity index (χ4v) is 2.08. The summed E-state index contributed by atoms with van der Waals surface area (Å²) in [5, 5.41) is 0. The average molecular weight is 241 g/mol. The summed E-state index contributed by atoms with van der Waals surface area (Å²) in [6.07, 6.45) is 2.75. The standard InChI is InChI=1S/C14H27NO2/c1-6-14(4,5)17-13(16)12-7-9-15(10-8-12)11(2)3/h11-12H,6-10H2,1-5H3. The van der Waals surface area contributed by atoms with Crippen LogP contribution in [0.25, 0.3) is 0 Å². The lowest BCUT2D eigenvalue weighted by Gasteiger charge is -2.35. The van der Waals surface area contributed by atoms with Crippen molar-refractivity contribution in [3.63, 3.8) is 0 Å². The highest BCUT2D eigenvalue weighted by Crippen LogP contribution is 2.23. The van der Waals surface area contributed by atoms with Crippen molar-refractivity contribution in [2.45, 2.75) is 65.5 Å². The van der Waals surface area contributed by atoms with Crippen LogP contribution in [0.4, 0.5) is 0 Å². The summed E-state index contributed by atoms with van der Waals surface area (Å²) in [4.78, 5) is 14.4. The van der Waals surface area contributed by atoms with Gasteiger partial charge in [-0.2, -0.15) is 0 Å². The van der Waals surface area contributed by atoms with Gasteiger partial charge in [0.2, 0.25) is 0 Å². The van der Waals surface area contributed by atoms with E-state index in [1.54, 1.807) is 0 Å². The first-order valence-corrected chi connectivity index (χ1v) is 6.82. The molecule has 1 rings (SSSR count). The van der Waals surface area contributed by atoms with Crippen molar-refractivity contribution in [1.82, 2.24) is 4.90 Å². The smallest absolute Gasteiger partial charge is 0.309 e. The van der Waals surface area contributed by atoms with Gasteiger partial charge in [0.1, 0.15) is 5.60 Å². The molecule has 3 heteroatoms. The summed E-state index contributed by atoms with van der Waals surface area (Å²) >= 11 is 0. The zero-order valence-electron chi connectivity index (χ0n) is 12.0. The predicted octanol–water partition coefficient (Wildman–Crippen LogP) is 2.84. The van der Waals surface area contributed by atoms with Crippen molar-refractivity contribution >= 4 is 5.97 Å². The molecule has 1 fully saturated rings. The van der Waals surface area contributed by atoms with Crippen LogP contribution in [0.3, 0.4) is 0 Å². The minimum absolute atomic E-state index is 0.000237. The van der Waals surface area contributed by atoms with Crippen molar-refractivity contribution in [2.24, 2.45) is 5.92 Å². The lowest BCUT2D eigenvalue weighted by atomic mass is 9.95. The van der Waals surface area contributed by atoms with Crippen LogP contribution in [-0.4, -0.2) is 35.6 Å². The monoisotopic (exact) mass is 241 g/mol. The van der Waals surface area contributed by atoms with Crippen molar-refractivity contribution in [3.8, 4) is 0 Å². The molecule has 0 aliphatic carbocycles. The van der Waals surface area contributed by atoms with Crippen LogP contribution in [0.2, 0.25) is 0 Å². The lowest BCUT2D eigenvalue weighted by Crippen LogP contribution is -2.42. The van der Waals surface area contributed by atoms with E-state index >= 15 is 0 Å². The Labute approximate surface area is 106 Å². The van der Waals surface area contributed by atoms with Crippen molar-refractivity contribution < 1.29 is 9.53 Å². The molecule has 1 aliphatic rings. The van der Waals surface area contributed by atoms with Gasteiger partial charge in [0.15, 0.2) is 0 Å². The summed E-state index contributed by atoms with van der Waals surface area (Å²) in [5.74, 6) is 0.107. The van der Waals surface area contributed by atoms with E-state index in [-0.39, 0.29) is 17.5 Å². The van der Waals surface area contributed by atoms with Gasteiger partial charge in [-0.1, -0.05) is 6.92 Å². The number of carbonyl (C=O) groups is 1. The van der Waals surface area contributed by atoms with E-state index < -0.39 is 0 Å². The molecule has 0 amide bonds. The molecule has 100 valence electrons. The average Bonchev–Trinajstić information content (AvgIpc) is 2.28. The molecule has 1 saturated heterocycles. The highest BCUT2D eigenvalue weighted by Gasteiger charge is 2.30. The Morgan fingerprint density at radius 2 is 1.88 bits per heavy atom. The van der Waals surface area contributed by atoms with Crippen LogP contribution in [-0.2, 0) is 9.53 Å². The Bertz CT molecular complexity index is 253. The fourth-order valence-electron chi connectivity index (χ4n) is 2.08. The molecular weight excluding hydrogens is 214 g/mol. The summed E-state index contributed by atoms with van der Waals surface area (Å²) in [6, 6.07) is 0.582. The van der Waals surface area contributed by atoms with Crippen molar-refractivity contribution in [2.75, 3.05) is 13.1 Å². The summed E-state index contributed by atoms with van der Waals surface area (Å²) < 4.78 is 5.56. The van der Waals surface area contributed by atoms with E-state index in [1.807, 2.05) is 13.8 Å². The summed E-state index contributed by atoms with van der Waals surface area (Å²) in [6.45, 7) is 12.5. The third-order valence-corrected chi connectivity index (χ3v) is 3.82. The molecule has 0 aromatic rings. The van der Waals surface area contributed by atoms with Crippen LogP contribution in [0.5, 0.6) is 0 Å². The van der Waals surface area contributed by atoms with E-state index in [9.17, 15) is 4.79 Å². The Morgan fingerprint density at radius 1 is 1.35 bits per heavy atom. The molecule has 0 radical (unpaired) electrons. The highest BCUT2D eigenvalue weighted by atomic mass is 16.6. The SMILES string of the molecule is CCC(C)(C)OC(=O)C1CCN(C(C)C)CC1. The molecule has 0 N–H and O–H groups in total. The fraction of sp³-hybridized carbons (Fsp3) is 0.929. The normalized spacial score (nSPS) is 19.6. The Kier molecular flexibility index (Phi) is 4.99. The topological polar surface area (TPSA) is 29.5 Å².